The predicted molar refractivity (Wildman–Crippen MR) is 95.6 cm³/mol. The molecule has 0 bridgehead atoms. The van der Waals surface area contributed by atoms with Crippen LogP contribution in [0.2, 0.25) is 0 Å². The van der Waals surface area contributed by atoms with Crippen LogP contribution in [0.5, 0.6) is 5.75 Å². The molecule has 1 atom stereocenters. The molecule has 0 aliphatic rings. The van der Waals surface area contributed by atoms with Crippen molar-refractivity contribution < 1.29 is 19.4 Å². The Morgan fingerprint density at radius 2 is 1.80 bits per heavy atom. The number of carboxylic acid groups (broad SMARTS) is 1. The number of benzene rings is 2. The molecule has 1 amide bonds. The number of carboxylic acids is 1. The smallest absolute Gasteiger partial charge is 0.326 e. The summed E-state index contributed by atoms with van der Waals surface area (Å²) in [5, 5.41) is 11.8. The van der Waals surface area contributed by atoms with Crippen molar-refractivity contribution >= 4 is 11.9 Å². The van der Waals surface area contributed by atoms with Gasteiger partial charge in [0, 0.05) is 6.42 Å². The van der Waals surface area contributed by atoms with Crippen LogP contribution >= 0.6 is 0 Å². The summed E-state index contributed by atoms with van der Waals surface area (Å²) in [5.41, 5.74) is 1.76. The van der Waals surface area contributed by atoms with E-state index in [0.717, 1.165) is 11.1 Å². The number of carbonyl (C=O) groups is 2. The zero-order valence-corrected chi connectivity index (χ0v) is 13.9. The summed E-state index contributed by atoms with van der Waals surface area (Å²) in [4.78, 5) is 23.5. The number of nitrogens with one attached hydrogen (secondary N) is 1. The summed E-state index contributed by atoms with van der Waals surface area (Å²) >= 11 is 0. The van der Waals surface area contributed by atoms with E-state index in [-0.39, 0.29) is 13.0 Å². The molecule has 0 fully saturated rings. The Morgan fingerprint density at radius 1 is 1.12 bits per heavy atom. The second-order valence-electron chi connectivity index (χ2n) is 5.54. The van der Waals surface area contributed by atoms with Crippen molar-refractivity contribution in [3.8, 4) is 5.75 Å². The first-order valence-corrected chi connectivity index (χ1v) is 7.98. The molecule has 0 saturated heterocycles. The van der Waals surface area contributed by atoms with Crippen LogP contribution in [-0.2, 0) is 22.4 Å². The molecule has 2 rings (SSSR count). The summed E-state index contributed by atoms with van der Waals surface area (Å²) in [6.45, 7) is 3.45. The van der Waals surface area contributed by atoms with E-state index in [2.05, 4.69) is 11.9 Å². The number of amides is 1. The Bertz CT molecular complexity index is 727. The number of para-hydroxylation sites is 1. The van der Waals surface area contributed by atoms with Crippen molar-refractivity contribution in [3.05, 3.63) is 78.4 Å². The summed E-state index contributed by atoms with van der Waals surface area (Å²) in [6, 6.07) is 15.5. The van der Waals surface area contributed by atoms with Crippen molar-refractivity contribution in [1.82, 2.24) is 5.32 Å². The van der Waals surface area contributed by atoms with Gasteiger partial charge in [0.05, 0.1) is 0 Å². The van der Waals surface area contributed by atoms with Crippen molar-refractivity contribution in [2.24, 2.45) is 0 Å². The second-order valence-corrected chi connectivity index (χ2v) is 5.54. The van der Waals surface area contributed by atoms with Gasteiger partial charge in [-0.05, 0) is 23.6 Å². The van der Waals surface area contributed by atoms with E-state index in [9.17, 15) is 14.7 Å². The zero-order chi connectivity index (χ0) is 18.1. The van der Waals surface area contributed by atoms with Crippen molar-refractivity contribution in [3.63, 3.8) is 0 Å². The summed E-state index contributed by atoms with van der Waals surface area (Å²) in [5.74, 6) is -0.964. The van der Waals surface area contributed by atoms with Crippen LogP contribution < -0.4 is 10.1 Å². The first-order chi connectivity index (χ1) is 12.1. The van der Waals surface area contributed by atoms with Gasteiger partial charge in [0.25, 0.3) is 5.91 Å². The molecule has 2 N–H and O–H groups in total. The van der Waals surface area contributed by atoms with Crippen LogP contribution in [0.1, 0.15) is 11.1 Å². The molecule has 5 heteroatoms. The summed E-state index contributed by atoms with van der Waals surface area (Å²) < 4.78 is 5.53. The first-order valence-electron chi connectivity index (χ1n) is 7.98. The Kier molecular flexibility index (Phi) is 6.77. The minimum absolute atomic E-state index is 0.217. The van der Waals surface area contributed by atoms with Gasteiger partial charge in [0.2, 0.25) is 0 Å². The van der Waals surface area contributed by atoms with Gasteiger partial charge in [0.15, 0.2) is 6.61 Å². The zero-order valence-electron chi connectivity index (χ0n) is 13.9. The minimum Gasteiger partial charge on any atom is -0.483 e. The molecule has 0 spiro atoms. The van der Waals surface area contributed by atoms with Crippen LogP contribution in [0.3, 0.4) is 0 Å². The van der Waals surface area contributed by atoms with E-state index in [4.69, 9.17) is 4.74 Å². The van der Waals surface area contributed by atoms with E-state index in [1.54, 1.807) is 12.1 Å². The largest absolute Gasteiger partial charge is 0.483 e. The molecule has 2 aromatic carbocycles. The highest BCUT2D eigenvalue weighted by Crippen LogP contribution is 2.18. The van der Waals surface area contributed by atoms with Crippen LogP contribution in [0.25, 0.3) is 0 Å². The van der Waals surface area contributed by atoms with E-state index in [1.165, 1.54) is 0 Å². The van der Waals surface area contributed by atoms with Crippen LogP contribution in [0.15, 0.2) is 67.3 Å². The fourth-order valence-electron chi connectivity index (χ4n) is 2.40. The summed E-state index contributed by atoms with van der Waals surface area (Å²) in [7, 11) is 0. The molecule has 0 aromatic heterocycles. The topological polar surface area (TPSA) is 75.6 Å². The molecular formula is C20H21NO4. The average Bonchev–Trinajstić information content (AvgIpc) is 2.61. The molecule has 0 aliphatic carbocycles. The van der Waals surface area contributed by atoms with Gasteiger partial charge in [-0.25, -0.2) is 4.79 Å². The lowest BCUT2D eigenvalue weighted by atomic mass is 10.1. The first kappa shape index (κ1) is 18.3. The second kappa shape index (κ2) is 9.27. The molecule has 25 heavy (non-hydrogen) atoms. The quantitative estimate of drug-likeness (QED) is 0.689. The number of rotatable bonds is 9. The third-order valence-electron chi connectivity index (χ3n) is 3.61. The Hall–Kier alpha value is -3.08. The molecule has 1 unspecified atom stereocenters. The molecule has 130 valence electrons. The van der Waals surface area contributed by atoms with E-state index < -0.39 is 17.9 Å². The standard InChI is InChI=1S/C20H21NO4/c1-2-8-16-11-6-7-12-18(16)25-14-19(22)21-17(20(23)24)13-15-9-4-3-5-10-15/h2-7,9-12,17H,1,8,13-14H2,(H,21,22)(H,23,24). The van der Waals surface area contributed by atoms with Gasteiger partial charge >= 0.3 is 5.97 Å². The molecule has 5 nitrogen and oxygen atoms in total. The maximum atomic E-state index is 12.1. The fraction of sp³-hybridized carbons (Fsp3) is 0.200. The Labute approximate surface area is 146 Å². The Morgan fingerprint density at radius 3 is 2.48 bits per heavy atom. The molecule has 0 heterocycles. The monoisotopic (exact) mass is 339 g/mol. The van der Waals surface area contributed by atoms with Crippen LogP contribution in [0.4, 0.5) is 0 Å². The third-order valence-corrected chi connectivity index (χ3v) is 3.61. The lowest BCUT2D eigenvalue weighted by Crippen LogP contribution is -2.44. The molecule has 0 radical (unpaired) electrons. The number of ether oxygens (including phenoxy) is 1. The van der Waals surface area contributed by atoms with Gasteiger partial charge in [-0.3, -0.25) is 4.79 Å². The average molecular weight is 339 g/mol. The third kappa shape index (κ3) is 5.80. The van der Waals surface area contributed by atoms with Crippen molar-refractivity contribution in [2.75, 3.05) is 6.61 Å². The maximum Gasteiger partial charge on any atom is 0.326 e. The van der Waals surface area contributed by atoms with Gasteiger partial charge in [-0.15, -0.1) is 6.58 Å². The number of aliphatic carboxylic acids is 1. The van der Waals surface area contributed by atoms with Gasteiger partial charge in [0.1, 0.15) is 11.8 Å². The lowest BCUT2D eigenvalue weighted by molar-refractivity contribution is -0.142. The molecule has 0 aliphatic heterocycles. The summed E-state index contributed by atoms with van der Waals surface area (Å²) in [6.07, 6.45) is 2.60. The molecule has 2 aromatic rings. The van der Waals surface area contributed by atoms with E-state index in [0.29, 0.717) is 12.2 Å². The molecular weight excluding hydrogens is 318 g/mol. The van der Waals surface area contributed by atoms with Gasteiger partial charge in [-0.2, -0.15) is 0 Å². The highest BCUT2D eigenvalue weighted by atomic mass is 16.5. The predicted octanol–water partition coefficient (Wildman–Crippen LogP) is 2.61. The number of carbonyl (C=O) groups excluding carboxylic acids is 1. The van der Waals surface area contributed by atoms with Crippen LogP contribution in [0, 0.1) is 0 Å². The Balaban J connectivity index is 1.93. The maximum absolute atomic E-state index is 12.1. The van der Waals surface area contributed by atoms with Crippen LogP contribution in [-0.4, -0.2) is 29.6 Å². The van der Waals surface area contributed by atoms with Crippen molar-refractivity contribution in [1.29, 1.82) is 0 Å². The highest BCUT2D eigenvalue weighted by Gasteiger charge is 2.20. The lowest BCUT2D eigenvalue weighted by Gasteiger charge is -2.15. The SMILES string of the molecule is C=CCc1ccccc1OCC(=O)NC(Cc1ccccc1)C(=O)O. The van der Waals surface area contributed by atoms with Crippen molar-refractivity contribution in [2.45, 2.75) is 18.9 Å². The minimum atomic E-state index is -1.08. The normalized spacial score (nSPS) is 11.4. The molecule has 0 saturated carbocycles. The number of allylic oxidation sites excluding steroid dienone is 1. The van der Waals surface area contributed by atoms with E-state index >= 15 is 0 Å². The van der Waals surface area contributed by atoms with Gasteiger partial charge in [-0.1, -0.05) is 54.6 Å². The highest BCUT2D eigenvalue weighted by molar-refractivity contribution is 5.84. The number of hydrogen-bond donors (Lipinski definition) is 2. The van der Waals surface area contributed by atoms with E-state index in [1.807, 2.05) is 48.5 Å². The van der Waals surface area contributed by atoms with Gasteiger partial charge < -0.3 is 15.2 Å². The fourth-order valence-corrected chi connectivity index (χ4v) is 2.40. The number of hydrogen-bond acceptors (Lipinski definition) is 3.